The van der Waals surface area contributed by atoms with Crippen LogP contribution >= 0.6 is 0 Å². The summed E-state index contributed by atoms with van der Waals surface area (Å²) in [5, 5.41) is 9.02. The Balaban J connectivity index is 1.96. The lowest BCUT2D eigenvalue weighted by molar-refractivity contribution is -0.136. The molecule has 0 unspecified atom stereocenters. The van der Waals surface area contributed by atoms with Gasteiger partial charge in [0, 0.05) is 25.6 Å². The van der Waals surface area contributed by atoms with Crippen LogP contribution in [0.2, 0.25) is 0 Å². The van der Waals surface area contributed by atoms with E-state index in [0.29, 0.717) is 25.3 Å². The largest absolute Gasteiger partial charge is 0.495 e. The first-order valence-electron chi connectivity index (χ1n) is 8.93. The zero-order valence-corrected chi connectivity index (χ0v) is 17.0. The first-order chi connectivity index (χ1) is 12.6. The molecule has 0 spiro atoms. The third-order valence-corrected chi connectivity index (χ3v) is 7.83. The maximum absolute atomic E-state index is 13.4. The minimum absolute atomic E-state index is 0.0235. The molecule has 2 fully saturated rings. The van der Waals surface area contributed by atoms with E-state index >= 15 is 0 Å². The molecule has 1 N–H and O–H groups in total. The summed E-state index contributed by atoms with van der Waals surface area (Å²) in [5.74, 6) is -0.556. The van der Waals surface area contributed by atoms with Crippen LogP contribution in [0.3, 0.4) is 0 Å². The Morgan fingerprint density at radius 2 is 2.04 bits per heavy atom. The summed E-state index contributed by atoms with van der Waals surface area (Å²) in [7, 11) is -0.756. The van der Waals surface area contributed by atoms with Gasteiger partial charge >= 0.3 is 5.97 Å². The van der Waals surface area contributed by atoms with Crippen molar-refractivity contribution in [3.63, 3.8) is 0 Å². The van der Waals surface area contributed by atoms with Crippen molar-refractivity contribution >= 4 is 16.0 Å². The lowest BCUT2D eigenvalue weighted by atomic mass is 9.48. The first kappa shape index (κ1) is 20.1. The van der Waals surface area contributed by atoms with Gasteiger partial charge in [0.2, 0.25) is 10.0 Å². The van der Waals surface area contributed by atoms with Crippen molar-refractivity contribution in [2.75, 3.05) is 33.9 Å². The third kappa shape index (κ3) is 3.34. The van der Waals surface area contributed by atoms with Crippen LogP contribution in [0.25, 0.3) is 0 Å². The summed E-state index contributed by atoms with van der Waals surface area (Å²) < 4.78 is 38.9. The summed E-state index contributed by atoms with van der Waals surface area (Å²) in [5.41, 5.74) is 0.339. The van der Waals surface area contributed by atoms with E-state index < -0.39 is 16.0 Å². The fourth-order valence-electron chi connectivity index (χ4n) is 5.09. The number of aliphatic carboxylic acids is 1. The highest BCUT2D eigenvalue weighted by molar-refractivity contribution is 7.89. The van der Waals surface area contributed by atoms with Crippen LogP contribution in [0.4, 0.5) is 0 Å². The van der Waals surface area contributed by atoms with Gasteiger partial charge in [0.1, 0.15) is 10.6 Å². The molecule has 0 bridgehead atoms. The van der Waals surface area contributed by atoms with Crippen LogP contribution in [0.1, 0.15) is 25.8 Å². The number of fused-ring (bicyclic) bond motifs is 1. The molecular weight excluding hydrogens is 370 g/mol. The summed E-state index contributed by atoms with van der Waals surface area (Å²) in [4.78, 5) is 11.0. The summed E-state index contributed by atoms with van der Waals surface area (Å²) >= 11 is 0. The van der Waals surface area contributed by atoms with Gasteiger partial charge in [0.25, 0.3) is 0 Å². The lowest BCUT2D eigenvalue weighted by Gasteiger charge is -2.56. The van der Waals surface area contributed by atoms with Gasteiger partial charge in [0.15, 0.2) is 0 Å². The molecule has 2 atom stereocenters. The van der Waals surface area contributed by atoms with Crippen LogP contribution in [-0.2, 0) is 26.0 Å². The lowest BCUT2D eigenvalue weighted by Crippen LogP contribution is -2.55. The van der Waals surface area contributed by atoms with Crippen molar-refractivity contribution in [1.29, 1.82) is 0 Å². The Hall–Kier alpha value is -1.64. The number of methoxy groups -OCH3 is 2. The zero-order valence-electron chi connectivity index (χ0n) is 16.2. The Bertz CT molecular complexity index is 850. The van der Waals surface area contributed by atoms with Crippen LogP contribution in [-0.4, -0.2) is 57.7 Å². The number of ether oxygens (including phenoxy) is 2. The van der Waals surface area contributed by atoms with Crippen LogP contribution < -0.4 is 4.74 Å². The van der Waals surface area contributed by atoms with E-state index in [4.69, 9.17) is 14.6 Å². The standard InChI is InChI=1S/C19H27NO6S/c1-18(2)10-19(12-25-3)11-20(9-16(18)19)27(23,24)15-7-13(8-17(21)22)5-6-14(15)26-4/h5-7,16H,8-12H2,1-4H3,(H,21,22)/t16-,19-/m1/s1. The number of benzene rings is 1. The van der Waals surface area contributed by atoms with Gasteiger partial charge in [-0.05, 0) is 35.4 Å². The number of carbonyl (C=O) groups is 1. The molecule has 7 nitrogen and oxygen atoms in total. The van der Waals surface area contributed by atoms with Gasteiger partial charge in [-0.1, -0.05) is 19.9 Å². The molecule has 150 valence electrons. The smallest absolute Gasteiger partial charge is 0.307 e. The molecule has 3 rings (SSSR count). The highest BCUT2D eigenvalue weighted by atomic mass is 32.2. The fourth-order valence-corrected chi connectivity index (χ4v) is 6.85. The SMILES string of the molecule is COC[C@@]12CN(S(=O)(=O)c3cc(CC(=O)O)ccc3OC)C[C@@H]1C(C)(C)C2. The van der Waals surface area contributed by atoms with E-state index in [2.05, 4.69) is 13.8 Å². The Kier molecular flexibility index (Phi) is 5.03. The molecule has 1 aromatic carbocycles. The second-order valence-corrected chi connectivity index (χ2v) is 10.3. The quantitative estimate of drug-likeness (QED) is 0.756. The maximum Gasteiger partial charge on any atom is 0.307 e. The van der Waals surface area contributed by atoms with Gasteiger partial charge in [-0.15, -0.1) is 0 Å². The molecule has 1 aliphatic carbocycles. The number of rotatable bonds is 7. The molecule has 0 aromatic heterocycles. The summed E-state index contributed by atoms with van der Waals surface area (Å²) in [6.45, 7) is 5.70. The van der Waals surface area contributed by atoms with Crippen molar-refractivity contribution in [3.05, 3.63) is 23.8 Å². The molecule has 1 aliphatic heterocycles. The number of hydrogen-bond acceptors (Lipinski definition) is 5. The number of carboxylic acid groups (broad SMARTS) is 1. The number of hydrogen-bond donors (Lipinski definition) is 1. The van der Waals surface area contributed by atoms with Gasteiger partial charge in [-0.25, -0.2) is 8.42 Å². The first-order valence-corrected chi connectivity index (χ1v) is 10.4. The van der Waals surface area contributed by atoms with Crippen molar-refractivity contribution in [2.45, 2.75) is 31.6 Å². The van der Waals surface area contributed by atoms with Gasteiger partial charge in [-0.3, -0.25) is 4.79 Å². The topological polar surface area (TPSA) is 93.1 Å². The molecule has 0 radical (unpaired) electrons. The van der Waals surface area contributed by atoms with Crippen LogP contribution in [0.5, 0.6) is 5.75 Å². The van der Waals surface area contributed by atoms with Crippen molar-refractivity contribution < 1.29 is 27.8 Å². The molecule has 1 saturated carbocycles. The van der Waals surface area contributed by atoms with Gasteiger partial charge in [0.05, 0.1) is 20.1 Å². The molecule has 27 heavy (non-hydrogen) atoms. The van der Waals surface area contributed by atoms with E-state index in [9.17, 15) is 13.2 Å². The van der Waals surface area contributed by atoms with Gasteiger partial charge in [-0.2, -0.15) is 4.31 Å². The minimum Gasteiger partial charge on any atom is -0.495 e. The number of nitrogens with zero attached hydrogens (tertiary/aromatic N) is 1. The molecule has 1 heterocycles. The van der Waals surface area contributed by atoms with Crippen molar-refractivity contribution in [1.82, 2.24) is 4.31 Å². The fraction of sp³-hybridized carbons (Fsp3) is 0.632. The predicted octanol–water partition coefficient (Wildman–Crippen LogP) is 2.01. The molecule has 1 aromatic rings. The predicted molar refractivity (Wildman–Crippen MR) is 99.3 cm³/mol. The van der Waals surface area contributed by atoms with Gasteiger partial charge < -0.3 is 14.6 Å². The molecule has 1 saturated heterocycles. The van der Waals surface area contributed by atoms with Crippen LogP contribution in [0.15, 0.2) is 23.1 Å². The van der Waals surface area contributed by atoms with E-state index in [1.54, 1.807) is 13.2 Å². The Labute approximate surface area is 160 Å². The van der Waals surface area contributed by atoms with E-state index in [0.717, 1.165) is 6.42 Å². The monoisotopic (exact) mass is 397 g/mol. The summed E-state index contributed by atoms with van der Waals surface area (Å²) in [6.07, 6.45) is 0.677. The third-order valence-electron chi connectivity index (χ3n) is 6.00. The minimum atomic E-state index is -3.81. The zero-order chi connectivity index (χ0) is 20.0. The number of carboxylic acids is 1. The van der Waals surface area contributed by atoms with E-state index in [1.165, 1.54) is 23.5 Å². The second kappa shape index (κ2) is 6.76. The molecular formula is C19H27NO6S. The van der Waals surface area contributed by atoms with E-state index in [-0.39, 0.29) is 33.8 Å². The summed E-state index contributed by atoms with van der Waals surface area (Å²) in [6, 6.07) is 4.51. The average Bonchev–Trinajstić information content (AvgIpc) is 2.90. The Morgan fingerprint density at radius 1 is 1.33 bits per heavy atom. The molecule has 0 amide bonds. The normalized spacial score (nSPS) is 27.0. The van der Waals surface area contributed by atoms with E-state index in [1.807, 2.05) is 0 Å². The second-order valence-electron chi connectivity index (χ2n) is 8.37. The molecule has 2 aliphatic rings. The maximum atomic E-state index is 13.4. The highest BCUT2D eigenvalue weighted by Gasteiger charge is 2.64. The van der Waals surface area contributed by atoms with Crippen molar-refractivity contribution in [3.8, 4) is 5.75 Å². The van der Waals surface area contributed by atoms with Crippen LogP contribution in [0, 0.1) is 16.7 Å². The number of sulfonamides is 1. The Morgan fingerprint density at radius 3 is 2.59 bits per heavy atom. The average molecular weight is 397 g/mol. The molecule has 8 heteroatoms. The van der Waals surface area contributed by atoms with Crippen molar-refractivity contribution in [2.24, 2.45) is 16.7 Å². The highest BCUT2D eigenvalue weighted by Crippen LogP contribution is 2.63.